The lowest BCUT2D eigenvalue weighted by Gasteiger charge is -2.34. The van der Waals surface area contributed by atoms with Crippen LogP contribution in [-0.4, -0.2) is 66.2 Å². The van der Waals surface area contributed by atoms with Gasteiger partial charge in [-0.3, -0.25) is 9.69 Å². The van der Waals surface area contributed by atoms with Gasteiger partial charge < -0.3 is 9.30 Å². The number of nitrogens with zero attached hydrogens (tertiary/aromatic N) is 4. The van der Waals surface area contributed by atoms with Crippen molar-refractivity contribution in [3.63, 3.8) is 0 Å². The van der Waals surface area contributed by atoms with Crippen molar-refractivity contribution >= 4 is 21.6 Å². The minimum Gasteiger partial charge on any atom is -0.336 e. The average molecular weight is 438 g/mol. The van der Waals surface area contributed by atoms with Crippen LogP contribution in [0.4, 0.5) is 0 Å². The van der Waals surface area contributed by atoms with Crippen LogP contribution in [0, 0.1) is 12.3 Å². The van der Waals surface area contributed by atoms with E-state index in [0.29, 0.717) is 18.7 Å². The molecule has 1 N–H and O–H groups in total. The van der Waals surface area contributed by atoms with Gasteiger partial charge in [0.1, 0.15) is 5.65 Å². The number of benzene rings is 1. The first-order valence-electron chi connectivity index (χ1n) is 9.94. The normalized spacial score (nSPS) is 15.1. The number of hydrogen-bond acceptors (Lipinski definition) is 5. The van der Waals surface area contributed by atoms with Gasteiger partial charge in [0.15, 0.2) is 0 Å². The fourth-order valence-corrected chi connectivity index (χ4v) is 4.58. The SMILES string of the molecule is C#CCNS(=O)(=O)c1cccc(C(=O)N2CCN(Cc3cn4ccccc4n3)CC2)c1. The second kappa shape index (κ2) is 8.89. The van der Waals surface area contributed by atoms with Crippen molar-refractivity contribution in [2.75, 3.05) is 32.7 Å². The fraction of sp³-hybridized carbons (Fsp3) is 0.273. The van der Waals surface area contributed by atoms with Gasteiger partial charge in [-0.05, 0) is 30.3 Å². The van der Waals surface area contributed by atoms with E-state index in [9.17, 15) is 13.2 Å². The lowest BCUT2D eigenvalue weighted by atomic mass is 10.2. The topological polar surface area (TPSA) is 87.0 Å². The first kappa shape index (κ1) is 21.1. The molecule has 1 aliphatic heterocycles. The molecule has 0 aliphatic carbocycles. The molecule has 4 rings (SSSR count). The average Bonchev–Trinajstić information content (AvgIpc) is 3.20. The third kappa shape index (κ3) is 4.77. The smallest absolute Gasteiger partial charge is 0.253 e. The molecule has 1 aliphatic rings. The maximum Gasteiger partial charge on any atom is 0.253 e. The summed E-state index contributed by atoms with van der Waals surface area (Å²) < 4.78 is 28.9. The number of nitrogens with one attached hydrogen (secondary N) is 1. The van der Waals surface area contributed by atoms with Crippen LogP contribution in [0.5, 0.6) is 0 Å². The highest BCUT2D eigenvalue weighted by Gasteiger charge is 2.24. The molecule has 9 heteroatoms. The molecule has 0 unspecified atom stereocenters. The molecule has 31 heavy (non-hydrogen) atoms. The van der Waals surface area contributed by atoms with E-state index >= 15 is 0 Å². The summed E-state index contributed by atoms with van der Waals surface area (Å²) in [5, 5.41) is 0. The van der Waals surface area contributed by atoms with E-state index in [1.165, 1.54) is 12.1 Å². The van der Waals surface area contributed by atoms with Crippen LogP contribution >= 0.6 is 0 Å². The summed E-state index contributed by atoms with van der Waals surface area (Å²) >= 11 is 0. The van der Waals surface area contributed by atoms with E-state index in [0.717, 1.165) is 31.0 Å². The molecule has 1 amide bonds. The Morgan fingerprint density at radius 1 is 1.13 bits per heavy atom. The number of piperazine rings is 1. The van der Waals surface area contributed by atoms with Gasteiger partial charge in [0.2, 0.25) is 10.0 Å². The Labute approximate surface area is 181 Å². The number of carbonyl (C=O) groups excluding carboxylic acids is 1. The Morgan fingerprint density at radius 3 is 2.68 bits per heavy atom. The highest BCUT2D eigenvalue weighted by Crippen LogP contribution is 2.16. The summed E-state index contributed by atoms with van der Waals surface area (Å²) in [7, 11) is -3.74. The van der Waals surface area contributed by atoms with Crippen molar-refractivity contribution in [1.29, 1.82) is 0 Å². The minimum atomic E-state index is -3.74. The number of hydrogen-bond donors (Lipinski definition) is 1. The molecule has 0 spiro atoms. The molecule has 0 radical (unpaired) electrons. The summed E-state index contributed by atoms with van der Waals surface area (Å²) in [4.78, 5) is 21.6. The first-order valence-corrected chi connectivity index (χ1v) is 11.4. The number of aromatic nitrogens is 2. The maximum atomic E-state index is 12.9. The highest BCUT2D eigenvalue weighted by molar-refractivity contribution is 7.89. The summed E-state index contributed by atoms with van der Waals surface area (Å²) in [5.41, 5.74) is 2.25. The molecule has 0 saturated carbocycles. The van der Waals surface area contributed by atoms with E-state index in [4.69, 9.17) is 6.42 Å². The quantitative estimate of drug-likeness (QED) is 0.586. The third-order valence-electron chi connectivity index (χ3n) is 5.21. The van der Waals surface area contributed by atoms with Crippen LogP contribution < -0.4 is 4.72 Å². The van der Waals surface area contributed by atoms with Gasteiger partial charge in [0, 0.05) is 50.7 Å². The van der Waals surface area contributed by atoms with Crippen LogP contribution in [0.15, 0.2) is 59.8 Å². The van der Waals surface area contributed by atoms with Crippen LogP contribution in [0.1, 0.15) is 16.1 Å². The minimum absolute atomic E-state index is 0.0269. The van der Waals surface area contributed by atoms with Crippen LogP contribution in [-0.2, 0) is 16.6 Å². The predicted molar refractivity (Wildman–Crippen MR) is 117 cm³/mol. The van der Waals surface area contributed by atoms with E-state index in [2.05, 4.69) is 20.5 Å². The zero-order valence-electron chi connectivity index (χ0n) is 16.9. The summed E-state index contributed by atoms with van der Waals surface area (Å²) in [6.07, 6.45) is 9.11. The Hall–Kier alpha value is -3.19. The molecule has 8 nitrogen and oxygen atoms in total. The van der Waals surface area contributed by atoms with Crippen molar-refractivity contribution in [2.24, 2.45) is 0 Å². The number of terminal acetylenes is 1. The first-order chi connectivity index (χ1) is 15.0. The Bertz CT molecular complexity index is 1200. The van der Waals surface area contributed by atoms with Crippen LogP contribution in [0.2, 0.25) is 0 Å². The monoisotopic (exact) mass is 437 g/mol. The number of carbonyl (C=O) groups is 1. The maximum absolute atomic E-state index is 12.9. The molecule has 2 aromatic heterocycles. The van der Waals surface area contributed by atoms with Crippen molar-refractivity contribution in [1.82, 2.24) is 23.9 Å². The Morgan fingerprint density at radius 2 is 1.94 bits per heavy atom. The van der Waals surface area contributed by atoms with Crippen LogP contribution in [0.3, 0.4) is 0 Å². The van der Waals surface area contributed by atoms with Gasteiger partial charge in [-0.1, -0.05) is 18.1 Å². The Kier molecular flexibility index (Phi) is 6.04. The second-order valence-corrected chi connectivity index (χ2v) is 9.09. The second-order valence-electron chi connectivity index (χ2n) is 7.32. The number of fused-ring (bicyclic) bond motifs is 1. The summed E-state index contributed by atoms with van der Waals surface area (Å²) in [6, 6.07) is 11.9. The lowest BCUT2D eigenvalue weighted by Crippen LogP contribution is -2.48. The summed E-state index contributed by atoms with van der Waals surface area (Å²) in [6.45, 7) is 3.20. The highest BCUT2D eigenvalue weighted by atomic mass is 32.2. The standard InChI is InChI=1S/C22H23N5O3S/c1-2-9-23-31(29,30)20-7-5-6-18(15-20)22(28)26-13-11-25(12-14-26)16-19-17-27-10-4-3-8-21(27)24-19/h1,3-8,10,15,17,23H,9,11-14,16H2. The van der Waals surface area contributed by atoms with Crippen molar-refractivity contribution in [3.05, 3.63) is 66.1 Å². The largest absolute Gasteiger partial charge is 0.336 e. The zero-order valence-corrected chi connectivity index (χ0v) is 17.8. The number of rotatable bonds is 6. The number of sulfonamides is 1. The van der Waals surface area contributed by atoms with Crippen molar-refractivity contribution in [3.8, 4) is 12.3 Å². The fourth-order valence-electron chi connectivity index (χ4n) is 3.60. The molecule has 1 aromatic carbocycles. The molecule has 3 heterocycles. The predicted octanol–water partition coefficient (Wildman–Crippen LogP) is 1.20. The number of imidazole rings is 1. The number of pyridine rings is 1. The van der Waals surface area contributed by atoms with Crippen molar-refractivity contribution in [2.45, 2.75) is 11.4 Å². The molecule has 3 aromatic rings. The summed E-state index contributed by atoms with van der Waals surface area (Å²) in [5.74, 6) is 2.06. The van der Waals surface area contributed by atoms with E-state index in [1.54, 1.807) is 17.0 Å². The van der Waals surface area contributed by atoms with Gasteiger partial charge >= 0.3 is 0 Å². The van der Waals surface area contributed by atoms with Gasteiger partial charge in [0.05, 0.1) is 17.1 Å². The van der Waals surface area contributed by atoms with Crippen molar-refractivity contribution < 1.29 is 13.2 Å². The molecular formula is C22H23N5O3S. The third-order valence-corrected chi connectivity index (χ3v) is 6.61. The Balaban J connectivity index is 1.38. The molecule has 0 bridgehead atoms. The molecule has 160 valence electrons. The van der Waals surface area contributed by atoms with E-state index < -0.39 is 10.0 Å². The van der Waals surface area contributed by atoms with E-state index in [-0.39, 0.29) is 17.3 Å². The molecular weight excluding hydrogens is 414 g/mol. The molecule has 1 fully saturated rings. The number of amides is 1. The van der Waals surface area contributed by atoms with Gasteiger partial charge in [-0.15, -0.1) is 6.42 Å². The molecule has 1 saturated heterocycles. The van der Waals surface area contributed by atoms with Crippen LogP contribution in [0.25, 0.3) is 5.65 Å². The zero-order chi connectivity index (χ0) is 21.8. The van der Waals surface area contributed by atoms with Gasteiger partial charge in [0.25, 0.3) is 5.91 Å². The van der Waals surface area contributed by atoms with Gasteiger partial charge in [-0.25, -0.2) is 13.4 Å². The van der Waals surface area contributed by atoms with E-state index in [1.807, 2.05) is 35.0 Å². The van der Waals surface area contributed by atoms with Gasteiger partial charge in [-0.2, -0.15) is 4.72 Å². The lowest BCUT2D eigenvalue weighted by molar-refractivity contribution is 0.0627. The molecule has 0 atom stereocenters.